The van der Waals surface area contributed by atoms with Crippen LogP contribution in [0.15, 0.2) is 18.2 Å². The number of hydrogen-bond donors (Lipinski definition) is 1. The molecule has 0 saturated heterocycles. The maximum absolute atomic E-state index is 10.7. The molecule has 1 saturated carbocycles. The van der Waals surface area contributed by atoms with Crippen molar-refractivity contribution >= 4 is 17.6 Å². The summed E-state index contributed by atoms with van der Waals surface area (Å²) >= 11 is 6.03. The lowest BCUT2D eigenvalue weighted by molar-refractivity contribution is -0.138. The van der Waals surface area contributed by atoms with E-state index in [2.05, 4.69) is 0 Å². The van der Waals surface area contributed by atoms with E-state index < -0.39 is 5.97 Å². The first kappa shape index (κ1) is 15.1. The Bertz CT molecular complexity index is 472. The van der Waals surface area contributed by atoms with E-state index in [1.54, 1.807) is 11.9 Å². The summed E-state index contributed by atoms with van der Waals surface area (Å²) in [5.41, 5.74) is 0.938. The van der Waals surface area contributed by atoms with Gasteiger partial charge >= 0.3 is 5.97 Å². The molecule has 0 unspecified atom stereocenters. The van der Waals surface area contributed by atoms with Gasteiger partial charge in [0.2, 0.25) is 0 Å². The van der Waals surface area contributed by atoms with Gasteiger partial charge in [-0.1, -0.05) is 11.6 Å². The van der Waals surface area contributed by atoms with Crippen LogP contribution in [0.4, 0.5) is 0 Å². The number of benzene rings is 1. The zero-order valence-corrected chi connectivity index (χ0v) is 12.4. The minimum Gasteiger partial charge on any atom is -0.490 e. The van der Waals surface area contributed by atoms with Crippen LogP contribution >= 0.6 is 11.6 Å². The molecule has 2 rings (SSSR count). The Morgan fingerprint density at radius 1 is 1.45 bits per heavy atom. The largest absolute Gasteiger partial charge is 0.490 e. The van der Waals surface area contributed by atoms with Gasteiger partial charge in [0.05, 0.1) is 12.6 Å². The number of halogens is 1. The second kappa shape index (κ2) is 6.95. The highest BCUT2D eigenvalue weighted by molar-refractivity contribution is 6.30. The van der Waals surface area contributed by atoms with Crippen molar-refractivity contribution in [2.45, 2.75) is 38.3 Å². The minimum absolute atomic E-state index is 0.00458. The van der Waals surface area contributed by atoms with Crippen molar-refractivity contribution in [1.82, 2.24) is 4.90 Å². The first-order chi connectivity index (χ1) is 9.54. The van der Waals surface area contributed by atoms with E-state index in [0.29, 0.717) is 11.6 Å². The maximum Gasteiger partial charge on any atom is 0.317 e. The van der Waals surface area contributed by atoms with Crippen LogP contribution in [0.5, 0.6) is 5.75 Å². The fourth-order valence-corrected chi connectivity index (χ4v) is 2.74. The summed E-state index contributed by atoms with van der Waals surface area (Å²) < 4.78 is 6.03. The van der Waals surface area contributed by atoms with Gasteiger partial charge in [-0.25, -0.2) is 0 Å². The molecule has 0 aliphatic heterocycles. The molecular weight excluding hydrogens is 278 g/mol. The molecule has 0 radical (unpaired) electrons. The Labute approximate surface area is 124 Å². The van der Waals surface area contributed by atoms with Crippen molar-refractivity contribution in [3.05, 3.63) is 28.8 Å². The number of hydrogen-bond acceptors (Lipinski definition) is 3. The first-order valence-electron chi connectivity index (χ1n) is 6.90. The van der Waals surface area contributed by atoms with Crippen molar-refractivity contribution in [2.75, 3.05) is 13.6 Å². The summed E-state index contributed by atoms with van der Waals surface area (Å²) in [5.74, 6) is -0.0219. The number of ether oxygens (including phenoxy) is 1. The molecule has 0 spiro atoms. The summed E-state index contributed by atoms with van der Waals surface area (Å²) in [6.07, 6.45) is 4.89. The van der Waals surface area contributed by atoms with Crippen LogP contribution in [0.2, 0.25) is 5.02 Å². The van der Waals surface area contributed by atoms with Crippen LogP contribution < -0.4 is 4.74 Å². The molecule has 1 aliphatic rings. The second-order valence-electron chi connectivity index (χ2n) is 5.34. The Kier molecular flexibility index (Phi) is 5.26. The average molecular weight is 298 g/mol. The van der Waals surface area contributed by atoms with Crippen molar-refractivity contribution in [2.24, 2.45) is 0 Å². The normalized spacial score (nSPS) is 15.8. The molecule has 110 valence electrons. The summed E-state index contributed by atoms with van der Waals surface area (Å²) in [6, 6.07) is 5.54. The van der Waals surface area contributed by atoms with Crippen molar-refractivity contribution in [3.8, 4) is 5.75 Å². The minimum atomic E-state index is -0.840. The number of carboxylic acid groups (broad SMARTS) is 1. The molecule has 1 aliphatic carbocycles. The zero-order valence-electron chi connectivity index (χ0n) is 11.6. The van der Waals surface area contributed by atoms with Crippen LogP contribution in [0, 0.1) is 0 Å². The van der Waals surface area contributed by atoms with E-state index in [1.807, 2.05) is 18.2 Å². The maximum atomic E-state index is 10.7. The van der Waals surface area contributed by atoms with E-state index in [-0.39, 0.29) is 12.6 Å². The highest BCUT2D eigenvalue weighted by atomic mass is 35.5. The Hall–Kier alpha value is -1.26. The zero-order chi connectivity index (χ0) is 14.5. The standard InChI is InChI=1S/C15H20ClNO3/c1-17(10-15(18)19)9-11-8-12(16)6-7-14(11)20-13-4-2-3-5-13/h6-8,13H,2-5,9-10H2,1H3,(H,18,19). The molecule has 1 N–H and O–H groups in total. The van der Waals surface area contributed by atoms with Crippen molar-refractivity contribution < 1.29 is 14.6 Å². The SMILES string of the molecule is CN(CC(=O)O)Cc1cc(Cl)ccc1OC1CCCC1. The monoisotopic (exact) mass is 297 g/mol. The fraction of sp³-hybridized carbons (Fsp3) is 0.533. The molecule has 1 aromatic carbocycles. The summed E-state index contributed by atoms with van der Waals surface area (Å²) in [4.78, 5) is 12.5. The van der Waals surface area contributed by atoms with Gasteiger partial charge in [-0.3, -0.25) is 9.69 Å². The highest BCUT2D eigenvalue weighted by Gasteiger charge is 2.18. The quantitative estimate of drug-likeness (QED) is 0.876. The number of nitrogens with zero attached hydrogens (tertiary/aromatic N) is 1. The molecule has 20 heavy (non-hydrogen) atoms. The fourth-order valence-electron chi connectivity index (χ4n) is 2.55. The number of carboxylic acids is 1. The molecule has 0 bridgehead atoms. The van der Waals surface area contributed by atoms with Gasteiger partial charge in [-0.15, -0.1) is 0 Å². The second-order valence-corrected chi connectivity index (χ2v) is 5.78. The molecule has 0 amide bonds. The molecular formula is C15H20ClNO3. The van der Waals surface area contributed by atoms with Gasteiger partial charge in [-0.2, -0.15) is 0 Å². The van der Waals surface area contributed by atoms with Gasteiger partial charge < -0.3 is 9.84 Å². The van der Waals surface area contributed by atoms with E-state index >= 15 is 0 Å². The van der Waals surface area contributed by atoms with Crippen LogP contribution in [0.25, 0.3) is 0 Å². The van der Waals surface area contributed by atoms with Crippen LogP contribution in [0.3, 0.4) is 0 Å². The predicted molar refractivity (Wildman–Crippen MR) is 78.3 cm³/mol. The van der Waals surface area contributed by atoms with Gasteiger partial charge in [0.25, 0.3) is 0 Å². The molecule has 4 nitrogen and oxygen atoms in total. The summed E-state index contributed by atoms with van der Waals surface area (Å²) in [7, 11) is 1.77. The molecule has 0 aromatic heterocycles. The van der Waals surface area contributed by atoms with Gasteiger partial charge in [0, 0.05) is 17.1 Å². The van der Waals surface area contributed by atoms with E-state index in [9.17, 15) is 4.79 Å². The van der Waals surface area contributed by atoms with Crippen LogP contribution in [-0.2, 0) is 11.3 Å². The lowest BCUT2D eigenvalue weighted by atomic mass is 10.2. The highest BCUT2D eigenvalue weighted by Crippen LogP contribution is 2.29. The molecule has 5 heteroatoms. The Morgan fingerprint density at radius 3 is 2.80 bits per heavy atom. The predicted octanol–water partition coefficient (Wildman–Crippen LogP) is 3.18. The number of rotatable bonds is 6. The van der Waals surface area contributed by atoms with Gasteiger partial charge in [0.15, 0.2) is 0 Å². The number of aliphatic carboxylic acids is 1. The first-order valence-corrected chi connectivity index (χ1v) is 7.28. The third kappa shape index (κ3) is 4.39. The van der Waals surface area contributed by atoms with E-state index in [4.69, 9.17) is 21.4 Å². The number of carbonyl (C=O) groups is 1. The van der Waals surface area contributed by atoms with E-state index in [1.165, 1.54) is 12.8 Å². The topological polar surface area (TPSA) is 49.8 Å². The smallest absolute Gasteiger partial charge is 0.317 e. The van der Waals surface area contributed by atoms with Gasteiger partial charge in [-0.05, 0) is 50.9 Å². The molecule has 1 aromatic rings. The molecule has 0 heterocycles. The van der Waals surface area contributed by atoms with Crippen molar-refractivity contribution in [1.29, 1.82) is 0 Å². The van der Waals surface area contributed by atoms with Gasteiger partial charge in [0.1, 0.15) is 5.75 Å². The Balaban J connectivity index is 2.08. The van der Waals surface area contributed by atoms with Crippen LogP contribution in [-0.4, -0.2) is 35.7 Å². The third-order valence-electron chi connectivity index (χ3n) is 3.46. The lowest BCUT2D eigenvalue weighted by Crippen LogP contribution is -2.25. The molecule has 0 atom stereocenters. The van der Waals surface area contributed by atoms with Crippen LogP contribution in [0.1, 0.15) is 31.2 Å². The molecule has 1 fully saturated rings. The van der Waals surface area contributed by atoms with Crippen molar-refractivity contribution in [3.63, 3.8) is 0 Å². The van der Waals surface area contributed by atoms with E-state index in [0.717, 1.165) is 24.2 Å². The Morgan fingerprint density at radius 2 is 2.15 bits per heavy atom. The summed E-state index contributed by atoms with van der Waals surface area (Å²) in [6.45, 7) is 0.504. The average Bonchev–Trinajstić information content (AvgIpc) is 2.84. The number of likely N-dealkylation sites (N-methyl/N-ethyl adjacent to an activating group) is 1. The third-order valence-corrected chi connectivity index (χ3v) is 3.70. The summed E-state index contributed by atoms with van der Waals surface area (Å²) in [5, 5.41) is 9.46. The lowest BCUT2D eigenvalue weighted by Gasteiger charge is -2.20.